The van der Waals surface area contributed by atoms with Gasteiger partial charge in [0.15, 0.2) is 0 Å². The number of rotatable bonds is 4. The molecule has 2 aliphatic rings. The van der Waals surface area contributed by atoms with E-state index in [0.29, 0.717) is 24.3 Å². The van der Waals surface area contributed by atoms with E-state index < -0.39 is 11.9 Å². The highest BCUT2D eigenvalue weighted by atomic mass is 16.5. The molecular weight excluding hydrogens is 364 g/mol. The lowest BCUT2D eigenvalue weighted by Gasteiger charge is -2.33. The van der Waals surface area contributed by atoms with Crippen molar-refractivity contribution in [3.8, 4) is 0 Å². The van der Waals surface area contributed by atoms with Gasteiger partial charge in [0.25, 0.3) is 5.91 Å². The van der Waals surface area contributed by atoms with Gasteiger partial charge in [-0.05, 0) is 31.4 Å². The fourth-order valence-corrected chi connectivity index (χ4v) is 3.49. The van der Waals surface area contributed by atoms with Crippen molar-refractivity contribution in [2.45, 2.75) is 19.3 Å². The molecule has 0 aromatic heterocycles. The summed E-state index contributed by atoms with van der Waals surface area (Å²) in [7, 11) is 2.47. The molecule has 0 radical (unpaired) electrons. The first-order chi connectivity index (χ1) is 13.6. The monoisotopic (exact) mass is 388 g/mol. The maximum Gasteiger partial charge on any atom is 0.355 e. The van der Waals surface area contributed by atoms with E-state index in [4.69, 9.17) is 14.2 Å². The maximum absolute atomic E-state index is 13.1. The Hall–Kier alpha value is -2.87. The standard InChI is InChI=1S/C20H24N2O6/c1-26-19(24)15-12-28-13-22(17(15)20(25)27-2)16-9-5-4-8-14(16)18(23)21-10-6-3-7-11-21/h4-5,8-9H,3,6-7,10-13H2,1-2H3. The number of nitrogens with zero attached hydrogens (tertiary/aromatic N) is 2. The van der Waals surface area contributed by atoms with Crippen molar-refractivity contribution in [2.24, 2.45) is 0 Å². The van der Waals surface area contributed by atoms with Crippen molar-refractivity contribution in [1.82, 2.24) is 4.90 Å². The molecule has 8 heteroatoms. The quantitative estimate of drug-likeness (QED) is 0.726. The number of piperidine rings is 1. The number of likely N-dealkylation sites (tertiary alicyclic amines) is 1. The Labute approximate surface area is 163 Å². The smallest absolute Gasteiger partial charge is 0.355 e. The van der Waals surface area contributed by atoms with Crippen molar-refractivity contribution in [1.29, 1.82) is 0 Å². The lowest BCUT2D eigenvalue weighted by Crippen LogP contribution is -2.41. The molecule has 28 heavy (non-hydrogen) atoms. The first-order valence-electron chi connectivity index (χ1n) is 9.21. The minimum Gasteiger partial charge on any atom is -0.466 e. The van der Waals surface area contributed by atoms with Crippen LogP contribution in [-0.4, -0.2) is 63.4 Å². The second-order valence-electron chi connectivity index (χ2n) is 6.59. The molecule has 0 atom stereocenters. The van der Waals surface area contributed by atoms with Gasteiger partial charge in [-0.1, -0.05) is 12.1 Å². The molecule has 3 rings (SSSR count). The highest BCUT2D eigenvalue weighted by Crippen LogP contribution is 2.30. The van der Waals surface area contributed by atoms with Crippen LogP contribution < -0.4 is 4.90 Å². The summed E-state index contributed by atoms with van der Waals surface area (Å²) < 4.78 is 15.2. The molecule has 1 saturated heterocycles. The number of ether oxygens (including phenoxy) is 3. The van der Waals surface area contributed by atoms with Crippen molar-refractivity contribution < 1.29 is 28.6 Å². The van der Waals surface area contributed by atoms with E-state index >= 15 is 0 Å². The first-order valence-corrected chi connectivity index (χ1v) is 9.21. The van der Waals surface area contributed by atoms with Crippen LogP contribution in [0.2, 0.25) is 0 Å². The van der Waals surface area contributed by atoms with Gasteiger partial charge in [-0.25, -0.2) is 9.59 Å². The van der Waals surface area contributed by atoms with E-state index in [0.717, 1.165) is 19.3 Å². The zero-order valence-corrected chi connectivity index (χ0v) is 16.1. The summed E-state index contributed by atoms with van der Waals surface area (Å²) in [6, 6.07) is 6.98. The Morgan fingerprint density at radius 1 is 0.964 bits per heavy atom. The predicted octanol–water partition coefficient (Wildman–Crippen LogP) is 1.71. The fraction of sp³-hybridized carbons (Fsp3) is 0.450. The Kier molecular flexibility index (Phi) is 6.30. The van der Waals surface area contributed by atoms with Crippen LogP contribution in [0.3, 0.4) is 0 Å². The third kappa shape index (κ3) is 3.87. The van der Waals surface area contributed by atoms with Crippen molar-refractivity contribution in [3.05, 3.63) is 41.1 Å². The average Bonchev–Trinajstić information content (AvgIpc) is 2.77. The van der Waals surface area contributed by atoms with Crippen molar-refractivity contribution in [2.75, 3.05) is 45.5 Å². The van der Waals surface area contributed by atoms with E-state index in [2.05, 4.69) is 0 Å². The largest absolute Gasteiger partial charge is 0.466 e. The Balaban J connectivity index is 2.05. The number of benzene rings is 1. The number of anilines is 1. The molecule has 1 aromatic rings. The molecule has 0 aliphatic carbocycles. The molecule has 150 valence electrons. The van der Waals surface area contributed by atoms with Crippen LogP contribution in [0, 0.1) is 0 Å². The SMILES string of the molecule is COC(=O)C1=C(C(=O)OC)N(c2ccccc2C(=O)N2CCCCC2)COC1. The van der Waals surface area contributed by atoms with E-state index in [1.54, 1.807) is 24.3 Å². The maximum atomic E-state index is 13.1. The minimum absolute atomic E-state index is 0.00915. The van der Waals surface area contributed by atoms with E-state index in [9.17, 15) is 14.4 Å². The number of esters is 2. The lowest BCUT2D eigenvalue weighted by atomic mass is 10.1. The molecule has 0 bridgehead atoms. The van der Waals surface area contributed by atoms with Crippen LogP contribution in [-0.2, 0) is 23.8 Å². The van der Waals surface area contributed by atoms with E-state index in [1.165, 1.54) is 19.1 Å². The number of para-hydroxylation sites is 1. The summed E-state index contributed by atoms with van der Waals surface area (Å²) in [5, 5.41) is 0. The minimum atomic E-state index is -0.691. The predicted molar refractivity (Wildman–Crippen MR) is 101 cm³/mol. The molecule has 0 N–H and O–H groups in total. The molecular formula is C20H24N2O6. The van der Waals surface area contributed by atoms with Crippen LogP contribution in [0.25, 0.3) is 0 Å². The summed E-state index contributed by atoms with van der Waals surface area (Å²) in [5.41, 5.74) is 1.01. The van der Waals surface area contributed by atoms with Gasteiger partial charge in [0.1, 0.15) is 12.4 Å². The van der Waals surface area contributed by atoms with Crippen LogP contribution in [0.15, 0.2) is 35.5 Å². The number of methoxy groups -OCH3 is 2. The van der Waals surface area contributed by atoms with Gasteiger partial charge < -0.3 is 24.0 Å². The average molecular weight is 388 g/mol. The zero-order chi connectivity index (χ0) is 20.1. The highest BCUT2D eigenvalue weighted by molar-refractivity contribution is 6.06. The van der Waals surface area contributed by atoms with Gasteiger partial charge in [0.2, 0.25) is 0 Å². The van der Waals surface area contributed by atoms with Gasteiger partial charge in [-0.15, -0.1) is 0 Å². The van der Waals surface area contributed by atoms with Crippen LogP contribution >= 0.6 is 0 Å². The van der Waals surface area contributed by atoms with E-state index in [-0.39, 0.29) is 30.5 Å². The van der Waals surface area contributed by atoms with Crippen LogP contribution in [0.1, 0.15) is 29.6 Å². The zero-order valence-electron chi connectivity index (χ0n) is 16.1. The number of hydrogen-bond acceptors (Lipinski definition) is 7. The lowest BCUT2D eigenvalue weighted by molar-refractivity contribution is -0.140. The van der Waals surface area contributed by atoms with Gasteiger partial charge >= 0.3 is 11.9 Å². The summed E-state index contributed by atoms with van der Waals surface area (Å²) in [6.07, 6.45) is 3.06. The second-order valence-corrected chi connectivity index (χ2v) is 6.59. The number of carbonyl (C=O) groups is 3. The van der Waals surface area contributed by atoms with Gasteiger partial charge in [0.05, 0.1) is 37.7 Å². The van der Waals surface area contributed by atoms with Gasteiger partial charge in [-0.2, -0.15) is 0 Å². The highest BCUT2D eigenvalue weighted by Gasteiger charge is 2.34. The third-order valence-electron chi connectivity index (χ3n) is 4.90. The van der Waals surface area contributed by atoms with Crippen molar-refractivity contribution in [3.63, 3.8) is 0 Å². The molecule has 2 heterocycles. The number of amides is 1. The second kappa shape index (κ2) is 8.88. The van der Waals surface area contributed by atoms with Gasteiger partial charge in [0, 0.05) is 13.1 Å². The van der Waals surface area contributed by atoms with Crippen LogP contribution in [0.5, 0.6) is 0 Å². The van der Waals surface area contributed by atoms with Crippen LogP contribution in [0.4, 0.5) is 5.69 Å². The Morgan fingerprint density at radius 2 is 1.64 bits per heavy atom. The first kappa shape index (κ1) is 19.9. The summed E-state index contributed by atoms with van der Waals surface area (Å²) in [4.78, 5) is 41.1. The molecule has 1 fully saturated rings. The normalized spacial score (nSPS) is 17.4. The fourth-order valence-electron chi connectivity index (χ4n) is 3.49. The summed E-state index contributed by atoms with van der Waals surface area (Å²) in [5.74, 6) is -1.47. The topological polar surface area (TPSA) is 85.4 Å². The Morgan fingerprint density at radius 3 is 2.32 bits per heavy atom. The van der Waals surface area contributed by atoms with Gasteiger partial charge in [-0.3, -0.25) is 4.79 Å². The van der Waals surface area contributed by atoms with Crippen molar-refractivity contribution >= 4 is 23.5 Å². The Bertz CT molecular complexity index is 798. The molecule has 8 nitrogen and oxygen atoms in total. The summed E-state index contributed by atoms with van der Waals surface area (Å²) >= 11 is 0. The molecule has 0 spiro atoms. The molecule has 0 saturated carbocycles. The molecule has 1 amide bonds. The summed E-state index contributed by atoms with van der Waals surface area (Å²) in [6.45, 7) is 1.35. The van der Waals surface area contributed by atoms with E-state index in [1.807, 2.05) is 4.90 Å². The number of hydrogen-bond donors (Lipinski definition) is 0. The third-order valence-corrected chi connectivity index (χ3v) is 4.90. The molecule has 1 aromatic carbocycles. The number of carbonyl (C=O) groups excluding carboxylic acids is 3. The molecule has 2 aliphatic heterocycles. The molecule has 0 unspecified atom stereocenters.